The Balaban J connectivity index is 1.44. The van der Waals surface area contributed by atoms with Crippen LogP contribution in [0.15, 0.2) is 12.4 Å². The second-order valence-corrected chi connectivity index (χ2v) is 7.91. The van der Waals surface area contributed by atoms with Crippen molar-refractivity contribution < 1.29 is 4.79 Å². The summed E-state index contributed by atoms with van der Waals surface area (Å²) in [6.07, 6.45) is 5.93. The SMILES string of the molecule is CC(C)(C)CCN1CCN(C(=O)NC2CCn3ccnc32)CC1. The lowest BCUT2D eigenvalue weighted by atomic mass is 9.92. The maximum atomic E-state index is 12.5. The first-order valence-electron chi connectivity index (χ1n) is 8.71. The van der Waals surface area contributed by atoms with E-state index in [2.05, 4.69) is 40.5 Å². The molecular formula is C17H29N5O. The van der Waals surface area contributed by atoms with Crippen LogP contribution in [0.5, 0.6) is 0 Å². The highest BCUT2D eigenvalue weighted by molar-refractivity contribution is 5.74. The van der Waals surface area contributed by atoms with Crippen LogP contribution in [0.4, 0.5) is 4.79 Å². The molecule has 0 bridgehead atoms. The average Bonchev–Trinajstić information content (AvgIpc) is 3.10. The minimum absolute atomic E-state index is 0.0573. The molecule has 0 saturated carbocycles. The zero-order valence-electron chi connectivity index (χ0n) is 14.6. The molecule has 1 aromatic heterocycles. The van der Waals surface area contributed by atoms with E-state index < -0.39 is 0 Å². The van der Waals surface area contributed by atoms with Gasteiger partial charge < -0.3 is 14.8 Å². The number of hydrogen-bond donors (Lipinski definition) is 1. The molecule has 2 amide bonds. The Labute approximate surface area is 138 Å². The summed E-state index contributed by atoms with van der Waals surface area (Å²) in [5, 5.41) is 3.15. The quantitative estimate of drug-likeness (QED) is 0.928. The first kappa shape index (κ1) is 16.3. The Morgan fingerprint density at radius 1 is 1.26 bits per heavy atom. The molecule has 23 heavy (non-hydrogen) atoms. The Bertz CT molecular complexity index is 539. The molecule has 2 aliphatic heterocycles. The number of piperazine rings is 1. The fourth-order valence-electron chi connectivity index (χ4n) is 3.26. The third-order valence-electron chi connectivity index (χ3n) is 4.85. The van der Waals surface area contributed by atoms with E-state index >= 15 is 0 Å². The van der Waals surface area contributed by atoms with Crippen molar-refractivity contribution in [2.45, 2.75) is 46.2 Å². The molecule has 1 saturated heterocycles. The molecule has 0 aromatic carbocycles. The number of urea groups is 1. The summed E-state index contributed by atoms with van der Waals surface area (Å²) < 4.78 is 2.12. The van der Waals surface area contributed by atoms with Crippen LogP contribution in [-0.4, -0.2) is 58.1 Å². The average molecular weight is 319 g/mol. The molecule has 6 heteroatoms. The summed E-state index contributed by atoms with van der Waals surface area (Å²) in [5.41, 5.74) is 0.374. The topological polar surface area (TPSA) is 53.4 Å². The lowest BCUT2D eigenvalue weighted by Gasteiger charge is -2.36. The Morgan fingerprint density at radius 3 is 2.70 bits per heavy atom. The van der Waals surface area contributed by atoms with E-state index in [4.69, 9.17) is 0 Å². The number of nitrogens with zero attached hydrogens (tertiary/aromatic N) is 4. The standard InChI is InChI=1S/C17H29N5O/c1-17(2,3)5-8-20-10-12-22(13-11-20)16(23)19-14-4-7-21-9-6-18-15(14)21/h6,9,14H,4-5,7-8,10-13H2,1-3H3,(H,19,23). The van der Waals surface area contributed by atoms with Crippen molar-refractivity contribution in [3.63, 3.8) is 0 Å². The van der Waals surface area contributed by atoms with Crippen LogP contribution in [0.25, 0.3) is 0 Å². The van der Waals surface area contributed by atoms with Gasteiger partial charge in [-0.2, -0.15) is 0 Å². The maximum absolute atomic E-state index is 12.5. The van der Waals surface area contributed by atoms with Crippen molar-refractivity contribution >= 4 is 6.03 Å². The smallest absolute Gasteiger partial charge is 0.318 e. The van der Waals surface area contributed by atoms with E-state index in [0.717, 1.165) is 51.5 Å². The first-order chi connectivity index (χ1) is 10.9. The van der Waals surface area contributed by atoms with Gasteiger partial charge in [0.1, 0.15) is 5.82 Å². The maximum Gasteiger partial charge on any atom is 0.318 e. The van der Waals surface area contributed by atoms with Gasteiger partial charge in [0.25, 0.3) is 0 Å². The monoisotopic (exact) mass is 319 g/mol. The fraction of sp³-hybridized carbons (Fsp3) is 0.765. The number of fused-ring (bicyclic) bond motifs is 1. The van der Waals surface area contributed by atoms with E-state index in [1.165, 1.54) is 6.42 Å². The van der Waals surface area contributed by atoms with Crippen LogP contribution in [0.1, 0.15) is 45.5 Å². The second kappa shape index (κ2) is 6.51. The number of imidazole rings is 1. The van der Waals surface area contributed by atoms with Crippen LogP contribution in [0.2, 0.25) is 0 Å². The normalized spacial score (nSPS) is 22.2. The van der Waals surface area contributed by atoms with Crippen LogP contribution in [0.3, 0.4) is 0 Å². The largest absolute Gasteiger partial charge is 0.333 e. The van der Waals surface area contributed by atoms with Crippen LogP contribution in [-0.2, 0) is 6.54 Å². The highest BCUT2D eigenvalue weighted by atomic mass is 16.2. The zero-order valence-corrected chi connectivity index (χ0v) is 14.6. The number of carbonyl (C=O) groups is 1. The molecule has 1 N–H and O–H groups in total. The molecular weight excluding hydrogens is 290 g/mol. The Kier molecular flexibility index (Phi) is 4.62. The van der Waals surface area contributed by atoms with Gasteiger partial charge in [-0.05, 0) is 24.8 Å². The molecule has 0 radical (unpaired) electrons. The van der Waals surface area contributed by atoms with Crippen LogP contribution < -0.4 is 5.32 Å². The van der Waals surface area contributed by atoms with Crippen molar-refractivity contribution in [2.75, 3.05) is 32.7 Å². The minimum Gasteiger partial charge on any atom is -0.333 e. The fourth-order valence-corrected chi connectivity index (χ4v) is 3.26. The molecule has 1 atom stereocenters. The third kappa shape index (κ3) is 4.05. The molecule has 1 unspecified atom stereocenters. The molecule has 2 aliphatic rings. The zero-order chi connectivity index (χ0) is 16.4. The van der Waals surface area contributed by atoms with Gasteiger partial charge in [0.05, 0.1) is 6.04 Å². The highest BCUT2D eigenvalue weighted by Gasteiger charge is 2.28. The van der Waals surface area contributed by atoms with Crippen molar-refractivity contribution in [3.8, 4) is 0 Å². The number of carbonyl (C=O) groups excluding carboxylic acids is 1. The molecule has 3 heterocycles. The van der Waals surface area contributed by atoms with Gasteiger partial charge in [-0.25, -0.2) is 9.78 Å². The summed E-state index contributed by atoms with van der Waals surface area (Å²) in [4.78, 5) is 21.2. The second-order valence-electron chi connectivity index (χ2n) is 7.91. The van der Waals surface area contributed by atoms with Crippen LogP contribution >= 0.6 is 0 Å². The van der Waals surface area contributed by atoms with Gasteiger partial charge in [0.2, 0.25) is 0 Å². The summed E-state index contributed by atoms with van der Waals surface area (Å²) in [6.45, 7) is 12.5. The van der Waals surface area contributed by atoms with E-state index in [0.29, 0.717) is 5.41 Å². The van der Waals surface area contributed by atoms with Gasteiger partial charge in [0, 0.05) is 45.1 Å². The number of aryl methyl sites for hydroxylation is 1. The Morgan fingerprint density at radius 2 is 2.00 bits per heavy atom. The number of hydrogen-bond acceptors (Lipinski definition) is 3. The minimum atomic E-state index is 0.0573. The van der Waals surface area contributed by atoms with E-state index in [1.54, 1.807) is 0 Å². The number of amides is 2. The summed E-state index contributed by atoms with van der Waals surface area (Å²) >= 11 is 0. The summed E-state index contributed by atoms with van der Waals surface area (Å²) in [6, 6.07) is 0.123. The van der Waals surface area contributed by atoms with Gasteiger partial charge in [-0.1, -0.05) is 20.8 Å². The predicted molar refractivity (Wildman–Crippen MR) is 90.2 cm³/mol. The number of nitrogens with one attached hydrogen (secondary N) is 1. The number of rotatable bonds is 3. The van der Waals surface area contributed by atoms with Gasteiger partial charge >= 0.3 is 6.03 Å². The Hall–Kier alpha value is -1.56. The van der Waals surface area contributed by atoms with Gasteiger partial charge in [0.15, 0.2) is 0 Å². The predicted octanol–water partition coefficient (Wildman–Crippen LogP) is 2.09. The molecule has 128 valence electrons. The van der Waals surface area contributed by atoms with E-state index in [1.807, 2.05) is 17.3 Å². The molecule has 1 aromatic rings. The van der Waals surface area contributed by atoms with Gasteiger partial charge in [-0.15, -0.1) is 0 Å². The molecule has 3 rings (SSSR count). The lowest BCUT2D eigenvalue weighted by Crippen LogP contribution is -2.52. The molecule has 1 fully saturated rings. The van der Waals surface area contributed by atoms with Crippen LogP contribution in [0, 0.1) is 5.41 Å². The summed E-state index contributed by atoms with van der Waals surface area (Å²) in [7, 11) is 0. The lowest BCUT2D eigenvalue weighted by molar-refractivity contribution is 0.128. The van der Waals surface area contributed by atoms with Crippen molar-refractivity contribution in [2.24, 2.45) is 5.41 Å². The van der Waals surface area contributed by atoms with E-state index in [9.17, 15) is 4.79 Å². The molecule has 6 nitrogen and oxygen atoms in total. The summed E-state index contributed by atoms with van der Waals surface area (Å²) in [5.74, 6) is 0.988. The van der Waals surface area contributed by atoms with Gasteiger partial charge in [-0.3, -0.25) is 4.90 Å². The molecule has 0 aliphatic carbocycles. The molecule has 0 spiro atoms. The highest BCUT2D eigenvalue weighted by Crippen LogP contribution is 2.24. The van der Waals surface area contributed by atoms with E-state index in [-0.39, 0.29) is 12.1 Å². The van der Waals surface area contributed by atoms with Crippen molar-refractivity contribution in [1.29, 1.82) is 0 Å². The van der Waals surface area contributed by atoms with Crippen molar-refractivity contribution in [1.82, 2.24) is 24.7 Å². The first-order valence-corrected chi connectivity index (χ1v) is 8.71. The van der Waals surface area contributed by atoms with Crippen molar-refractivity contribution in [3.05, 3.63) is 18.2 Å². The number of aromatic nitrogens is 2. The third-order valence-corrected chi connectivity index (χ3v) is 4.85.